The van der Waals surface area contributed by atoms with Crippen LogP contribution in [0.25, 0.3) is 22.5 Å². The largest absolute Gasteiger partial charge is 0.340 e. The van der Waals surface area contributed by atoms with Crippen LogP contribution in [0.4, 0.5) is 0 Å². The number of carbonyl (C=O) groups excluding carboxylic acids is 1. The number of imidazole rings is 1. The summed E-state index contributed by atoms with van der Waals surface area (Å²) in [4.78, 5) is 25.9. The quantitative estimate of drug-likeness (QED) is 0.667. The highest BCUT2D eigenvalue weighted by atomic mass is 35.5. The van der Waals surface area contributed by atoms with E-state index < -0.39 is 0 Å². The van der Waals surface area contributed by atoms with Crippen LogP contribution in [0.2, 0.25) is 5.02 Å². The second kappa shape index (κ2) is 6.97. The molecule has 2 aliphatic rings. The van der Waals surface area contributed by atoms with Gasteiger partial charge in [-0.15, -0.1) is 0 Å². The van der Waals surface area contributed by atoms with Crippen LogP contribution in [0.1, 0.15) is 0 Å². The molecule has 0 aliphatic carbocycles. The summed E-state index contributed by atoms with van der Waals surface area (Å²) in [5, 5.41) is 0.683. The van der Waals surface area contributed by atoms with E-state index in [4.69, 9.17) is 11.6 Å². The number of halogens is 1. The number of hydrogen-bond acceptors (Lipinski definition) is 4. The van der Waals surface area contributed by atoms with Gasteiger partial charge in [-0.3, -0.25) is 9.78 Å². The van der Waals surface area contributed by atoms with Crippen molar-refractivity contribution >= 4 is 17.5 Å². The number of benzene rings is 1. The summed E-state index contributed by atoms with van der Waals surface area (Å²) in [5.74, 6) is 0.139. The number of nitrogens with zero attached hydrogens (tertiary/aromatic N) is 5. The summed E-state index contributed by atoms with van der Waals surface area (Å²) >= 11 is 6.05. The third-order valence-electron chi connectivity index (χ3n) is 5.83. The molecule has 2 aromatic heterocycles. The molecule has 3 aromatic rings. The highest BCUT2D eigenvalue weighted by Gasteiger charge is 2.51. The zero-order valence-corrected chi connectivity index (χ0v) is 17.0. The molecule has 2 fully saturated rings. The fraction of sp³-hybridized carbons (Fsp3) is 0.318. The van der Waals surface area contributed by atoms with Crippen LogP contribution in [0, 0.1) is 5.41 Å². The van der Waals surface area contributed by atoms with Gasteiger partial charge in [-0.1, -0.05) is 23.7 Å². The van der Waals surface area contributed by atoms with E-state index in [1.165, 1.54) is 0 Å². The zero-order chi connectivity index (χ0) is 20.0. The highest BCUT2D eigenvalue weighted by Crippen LogP contribution is 2.39. The number of amides is 1. The van der Waals surface area contributed by atoms with Crippen molar-refractivity contribution in [3.8, 4) is 22.5 Å². The molecule has 2 saturated heterocycles. The van der Waals surface area contributed by atoms with Gasteiger partial charge in [0.2, 0.25) is 5.91 Å². The van der Waals surface area contributed by atoms with Gasteiger partial charge in [-0.05, 0) is 31.3 Å². The van der Waals surface area contributed by atoms with E-state index >= 15 is 0 Å². The fourth-order valence-electron chi connectivity index (χ4n) is 4.62. The lowest BCUT2D eigenvalue weighted by atomic mass is 9.73. The number of hydrogen-bond donors (Lipinski definition) is 0. The Kier molecular flexibility index (Phi) is 4.41. The Morgan fingerprint density at radius 2 is 1.72 bits per heavy atom. The molecule has 0 atom stereocenters. The van der Waals surface area contributed by atoms with Gasteiger partial charge in [0.1, 0.15) is 6.54 Å². The first-order valence-corrected chi connectivity index (χ1v) is 10.1. The summed E-state index contributed by atoms with van der Waals surface area (Å²) in [6, 6.07) is 11.5. The molecular formula is C22H22ClN5O. The van der Waals surface area contributed by atoms with Crippen LogP contribution in [0.3, 0.4) is 0 Å². The van der Waals surface area contributed by atoms with Gasteiger partial charge in [0, 0.05) is 60.1 Å². The Labute approximate surface area is 174 Å². The molecular weight excluding hydrogens is 386 g/mol. The second-order valence-corrected chi connectivity index (χ2v) is 8.67. The third-order valence-corrected chi connectivity index (χ3v) is 6.08. The van der Waals surface area contributed by atoms with E-state index in [-0.39, 0.29) is 12.5 Å². The molecule has 6 nitrogen and oxygen atoms in total. The van der Waals surface area contributed by atoms with Crippen molar-refractivity contribution in [3.05, 3.63) is 60.1 Å². The minimum atomic E-state index is 0.139. The Morgan fingerprint density at radius 1 is 1.03 bits per heavy atom. The monoisotopic (exact) mass is 407 g/mol. The van der Waals surface area contributed by atoms with Crippen LogP contribution in [-0.2, 0) is 11.3 Å². The number of rotatable bonds is 4. The molecule has 5 rings (SSSR count). The summed E-state index contributed by atoms with van der Waals surface area (Å²) in [7, 11) is 2.13. The first-order valence-electron chi connectivity index (χ1n) is 9.71. The maximum absolute atomic E-state index is 12.9. The summed E-state index contributed by atoms with van der Waals surface area (Å²) in [6.45, 7) is 4.18. The Balaban J connectivity index is 1.42. The lowest BCUT2D eigenvalue weighted by Crippen LogP contribution is -2.72. The molecule has 0 N–H and O–H groups in total. The topological polar surface area (TPSA) is 54.3 Å². The SMILES string of the molecule is CN1CC2(C1)CN(C(=O)Cn1cnc(-c3ccc(Cl)cc3)c1-c1ccncc1)C2. The van der Waals surface area contributed by atoms with E-state index in [0.29, 0.717) is 10.4 Å². The van der Waals surface area contributed by atoms with Crippen molar-refractivity contribution in [2.24, 2.45) is 5.41 Å². The third kappa shape index (κ3) is 3.32. The molecule has 0 radical (unpaired) electrons. The van der Waals surface area contributed by atoms with Crippen molar-refractivity contribution in [2.45, 2.75) is 6.54 Å². The number of likely N-dealkylation sites (tertiary alicyclic amines) is 2. The molecule has 0 bridgehead atoms. The Hall–Kier alpha value is -2.70. The van der Waals surface area contributed by atoms with Crippen molar-refractivity contribution in [2.75, 3.05) is 33.2 Å². The number of aromatic nitrogens is 3. The molecule has 0 unspecified atom stereocenters. The molecule has 4 heterocycles. The molecule has 2 aliphatic heterocycles. The lowest BCUT2D eigenvalue weighted by molar-refractivity contribution is -0.157. The van der Waals surface area contributed by atoms with Crippen LogP contribution in [0.15, 0.2) is 55.1 Å². The fourth-order valence-corrected chi connectivity index (χ4v) is 4.74. The average Bonchev–Trinajstić information content (AvgIpc) is 3.08. The first kappa shape index (κ1) is 18.3. The summed E-state index contributed by atoms with van der Waals surface area (Å²) < 4.78 is 1.94. The van der Waals surface area contributed by atoms with Crippen molar-refractivity contribution in [1.82, 2.24) is 24.3 Å². The lowest BCUT2D eigenvalue weighted by Gasteiger charge is -2.59. The van der Waals surface area contributed by atoms with E-state index in [1.807, 2.05) is 45.9 Å². The van der Waals surface area contributed by atoms with Crippen molar-refractivity contribution in [1.29, 1.82) is 0 Å². The minimum Gasteiger partial charge on any atom is -0.340 e. The zero-order valence-electron chi connectivity index (χ0n) is 16.3. The predicted molar refractivity (Wildman–Crippen MR) is 112 cm³/mol. The van der Waals surface area contributed by atoms with Crippen LogP contribution in [0.5, 0.6) is 0 Å². The summed E-state index contributed by atoms with van der Waals surface area (Å²) in [6.07, 6.45) is 5.27. The number of carbonyl (C=O) groups is 1. The maximum Gasteiger partial charge on any atom is 0.242 e. The van der Waals surface area contributed by atoms with Gasteiger partial charge in [-0.2, -0.15) is 0 Å². The normalized spacial score (nSPS) is 17.8. The van der Waals surface area contributed by atoms with Crippen LogP contribution >= 0.6 is 11.6 Å². The molecule has 148 valence electrons. The Morgan fingerprint density at radius 3 is 2.38 bits per heavy atom. The highest BCUT2D eigenvalue weighted by molar-refractivity contribution is 6.30. The van der Waals surface area contributed by atoms with Crippen LogP contribution in [-0.4, -0.2) is 63.5 Å². The minimum absolute atomic E-state index is 0.139. The average molecular weight is 408 g/mol. The van der Waals surface area contributed by atoms with Crippen molar-refractivity contribution < 1.29 is 4.79 Å². The van der Waals surface area contributed by atoms with Gasteiger partial charge >= 0.3 is 0 Å². The predicted octanol–water partition coefficient (Wildman–Crippen LogP) is 3.04. The van der Waals surface area contributed by atoms with E-state index in [1.54, 1.807) is 18.7 Å². The van der Waals surface area contributed by atoms with Gasteiger partial charge in [-0.25, -0.2) is 4.98 Å². The van der Waals surface area contributed by atoms with Gasteiger partial charge in [0.25, 0.3) is 0 Å². The molecule has 29 heavy (non-hydrogen) atoms. The Bertz CT molecular complexity index is 1030. The maximum atomic E-state index is 12.9. The van der Waals surface area contributed by atoms with Crippen molar-refractivity contribution in [3.63, 3.8) is 0 Å². The van der Waals surface area contributed by atoms with Gasteiger partial charge < -0.3 is 14.4 Å². The molecule has 0 saturated carbocycles. The smallest absolute Gasteiger partial charge is 0.242 e. The molecule has 1 amide bonds. The van der Waals surface area contributed by atoms with E-state index in [9.17, 15) is 4.79 Å². The second-order valence-electron chi connectivity index (χ2n) is 8.23. The number of pyridine rings is 1. The van der Waals surface area contributed by atoms with Gasteiger partial charge in [0.05, 0.1) is 17.7 Å². The molecule has 1 spiro atoms. The van der Waals surface area contributed by atoms with Gasteiger partial charge in [0.15, 0.2) is 0 Å². The standard InChI is InChI=1S/C22H22ClN5O/c1-26-11-22(12-26)13-28(14-22)19(29)10-27-15-25-20(16-2-4-18(23)5-3-16)21(27)17-6-8-24-9-7-17/h2-9,15H,10-14H2,1H3. The summed E-state index contributed by atoms with van der Waals surface area (Å²) in [5.41, 5.74) is 4.04. The van der Waals surface area contributed by atoms with E-state index in [2.05, 4.69) is 21.9 Å². The molecule has 1 aromatic carbocycles. The van der Waals surface area contributed by atoms with Crippen LogP contribution < -0.4 is 0 Å². The molecule has 7 heteroatoms. The first-order chi connectivity index (χ1) is 14.0. The van der Waals surface area contributed by atoms with E-state index in [0.717, 1.165) is 48.7 Å².